The van der Waals surface area contributed by atoms with Crippen LogP contribution >= 0.6 is 0 Å². The molecule has 42 heavy (non-hydrogen) atoms. The van der Waals surface area contributed by atoms with Crippen LogP contribution < -0.4 is 0 Å². The van der Waals surface area contributed by atoms with E-state index in [1.54, 1.807) is 6.07 Å². The molecule has 0 N–H and O–H groups in total. The van der Waals surface area contributed by atoms with Gasteiger partial charge in [0.1, 0.15) is 0 Å². The Bertz CT molecular complexity index is 2430. The summed E-state index contributed by atoms with van der Waals surface area (Å²) in [5.74, 6) is 0. The van der Waals surface area contributed by atoms with Gasteiger partial charge in [0, 0.05) is 27.2 Å². The van der Waals surface area contributed by atoms with Crippen molar-refractivity contribution in [3.8, 4) is 28.6 Å². The fourth-order valence-corrected chi connectivity index (χ4v) is 6.44. The summed E-state index contributed by atoms with van der Waals surface area (Å²) in [7, 11) is 0. The first-order valence-electron chi connectivity index (χ1n) is 13.8. The smallest absolute Gasteiger partial charge is 0.206 e. The third kappa shape index (κ3) is 3.33. The van der Waals surface area contributed by atoms with E-state index < -0.39 is 0 Å². The van der Waals surface area contributed by atoms with Crippen molar-refractivity contribution in [2.24, 2.45) is 0 Å². The Morgan fingerprint density at radius 1 is 0.571 bits per heavy atom. The molecule has 0 saturated carbocycles. The highest BCUT2D eigenvalue weighted by molar-refractivity contribution is 6.17. The van der Waals surface area contributed by atoms with Gasteiger partial charge in [0.25, 0.3) is 0 Å². The number of hydrogen-bond acceptors (Lipinski definition) is 1. The summed E-state index contributed by atoms with van der Waals surface area (Å²) in [6.45, 7) is 7.63. The highest BCUT2D eigenvalue weighted by Gasteiger charge is 2.20. The van der Waals surface area contributed by atoms with Crippen molar-refractivity contribution in [1.82, 2.24) is 9.13 Å². The number of para-hydroxylation sites is 3. The van der Waals surface area contributed by atoms with Crippen LogP contribution in [-0.4, -0.2) is 9.13 Å². The number of rotatable bonds is 3. The van der Waals surface area contributed by atoms with Gasteiger partial charge in [0.15, 0.2) is 0 Å². The average molecular weight is 535 g/mol. The number of hydrogen-bond donors (Lipinski definition) is 0. The zero-order valence-corrected chi connectivity index (χ0v) is 22.5. The molecule has 4 nitrogen and oxygen atoms in total. The van der Waals surface area contributed by atoms with Crippen molar-refractivity contribution >= 4 is 49.3 Å². The molecule has 2 heterocycles. The van der Waals surface area contributed by atoms with Gasteiger partial charge < -0.3 is 9.13 Å². The molecule has 4 heteroatoms. The molecule has 0 bridgehead atoms. The zero-order chi connectivity index (χ0) is 28.2. The van der Waals surface area contributed by atoms with Gasteiger partial charge in [0.05, 0.1) is 46.0 Å². The summed E-state index contributed by atoms with van der Waals surface area (Å²) in [4.78, 5) is 3.63. The summed E-state index contributed by atoms with van der Waals surface area (Å²) >= 11 is 0. The Morgan fingerprint density at radius 2 is 1.24 bits per heavy atom. The minimum absolute atomic E-state index is 0.358. The third-order valence-electron chi connectivity index (χ3n) is 8.19. The fraction of sp³-hybridized carbons (Fsp3) is 0. The molecule has 0 radical (unpaired) electrons. The Labute approximate surface area is 242 Å². The van der Waals surface area contributed by atoms with E-state index in [0.29, 0.717) is 16.9 Å². The van der Waals surface area contributed by atoms with E-state index in [-0.39, 0.29) is 0 Å². The molecule has 0 fully saturated rings. The van der Waals surface area contributed by atoms with Crippen molar-refractivity contribution in [3.63, 3.8) is 0 Å². The molecule has 194 valence electrons. The number of fused-ring (bicyclic) bond motifs is 6. The van der Waals surface area contributed by atoms with Gasteiger partial charge in [-0.15, -0.1) is 0 Å². The third-order valence-corrected chi connectivity index (χ3v) is 8.19. The Hall–Kier alpha value is -6.10. The van der Waals surface area contributed by atoms with Crippen LogP contribution in [0, 0.1) is 17.9 Å². The molecule has 0 amide bonds. The molecule has 0 saturated heterocycles. The number of nitriles is 1. The van der Waals surface area contributed by atoms with E-state index in [1.165, 1.54) is 16.3 Å². The van der Waals surface area contributed by atoms with Crippen LogP contribution in [-0.2, 0) is 0 Å². The van der Waals surface area contributed by atoms with E-state index in [2.05, 4.69) is 123 Å². The molecule has 0 spiro atoms. The summed E-state index contributed by atoms with van der Waals surface area (Å²) in [6, 6.07) is 48.2. The van der Waals surface area contributed by atoms with Gasteiger partial charge in [-0.2, -0.15) is 5.26 Å². The monoisotopic (exact) mass is 534 g/mol. The molecule has 0 aliphatic rings. The normalized spacial score (nSPS) is 11.3. The van der Waals surface area contributed by atoms with E-state index in [9.17, 15) is 5.26 Å². The van der Waals surface area contributed by atoms with Crippen LogP contribution in [0.3, 0.4) is 0 Å². The average Bonchev–Trinajstić information content (AvgIpc) is 3.57. The van der Waals surface area contributed by atoms with E-state index in [0.717, 1.165) is 44.1 Å². The van der Waals surface area contributed by atoms with Gasteiger partial charge in [-0.05, 0) is 53.6 Å². The van der Waals surface area contributed by atoms with Crippen LogP contribution in [0.5, 0.6) is 0 Å². The summed E-state index contributed by atoms with van der Waals surface area (Å²) < 4.78 is 4.47. The first kappa shape index (κ1) is 23.8. The second-order valence-corrected chi connectivity index (χ2v) is 10.4. The lowest BCUT2D eigenvalue weighted by Gasteiger charge is -2.12. The first-order valence-corrected chi connectivity index (χ1v) is 13.8. The van der Waals surface area contributed by atoms with Crippen LogP contribution in [0.1, 0.15) is 5.56 Å². The van der Waals surface area contributed by atoms with Gasteiger partial charge in [-0.1, -0.05) is 91.0 Å². The van der Waals surface area contributed by atoms with Gasteiger partial charge in [0.2, 0.25) is 5.69 Å². The molecular weight excluding hydrogens is 512 g/mol. The predicted molar refractivity (Wildman–Crippen MR) is 172 cm³/mol. The molecule has 8 aromatic rings. The van der Waals surface area contributed by atoms with Gasteiger partial charge in [-0.25, -0.2) is 4.85 Å². The largest absolute Gasteiger partial charge is 0.309 e. The molecule has 0 aliphatic carbocycles. The van der Waals surface area contributed by atoms with Crippen molar-refractivity contribution < 1.29 is 0 Å². The summed E-state index contributed by atoms with van der Waals surface area (Å²) in [5, 5.41) is 14.7. The molecule has 0 atom stereocenters. The summed E-state index contributed by atoms with van der Waals surface area (Å²) in [5.41, 5.74) is 9.14. The van der Waals surface area contributed by atoms with Crippen molar-refractivity contribution in [2.75, 3.05) is 0 Å². The maximum atomic E-state index is 10.1. The Balaban J connectivity index is 1.46. The maximum Gasteiger partial charge on any atom is 0.206 e. The number of nitrogens with zero attached hydrogens (tertiary/aromatic N) is 4. The number of aromatic nitrogens is 2. The van der Waals surface area contributed by atoms with Crippen molar-refractivity contribution in [2.45, 2.75) is 0 Å². The second kappa shape index (κ2) is 9.24. The molecule has 0 unspecified atom stereocenters. The quantitative estimate of drug-likeness (QED) is 0.208. The van der Waals surface area contributed by atoms with Crippen LogP contribution in [0.2, 0.25) is 0 Å². The molecule has 2 aromatic heterocycles. The Morgan fingerprint density at radius 3 is 2.02 bits per heavy atom. The van der Waals surface area contributed by atoms with E-state index in [4.69, 9.17) is 6.57 Å². The van der Waals surface area contributed by atoms with E-state index >= 15 is 0 Å². The van der Waals surface area contributed by atoms with Crippen molar-refractivity contribution in [1.29, 1.82) is 5.26 Å². The molecule has 6 aromatic carbocycles. The zero-order valence-electron chi connectivity index (χ0n) is 22.5. The topological polar surface area (TPSA) is 38.0 Å². The minimum Gasteiger partial charge on any atom is -0.309 e. The lowest BCUT2D eigenvalue weighted by atomic mass is 9.98. The maximum absolute atomic E-state index is 10.1. The molecule has 0 aliphatic heterocycles. The molecule has 8 rings (SSSR count). The number of benzene rings is 6. The highest BCUT2D eigenvalue weighted by Crippen LogP contribution is 2.41. The van der Waals surface area contributed by atoms with Gasteiger partial charge in [-0.3, -0.25) is 0 Å². The van der Waals surface area contributed by atoms with Crippen LogP contribution in [0.15, 0.2) is 133 Å². The predicted octanol–water partition coefficient (Wildman–Crippen LogP) is 9.97. The molecular formula is C38H22N4. The lowest BCUT2D eigenvalue weighted by Crippen LogP contribution is -1.97. The van der Waals surface area contributed by atoms with Crippen LogP contribution in [0.25, 0.3) is 71.0 Å². The standard InChI is InChI=1S/C38H22N4/c1-40-32-16-10-19-35(31(32)24-39)42-34-18-8-6-14-30(34)38-27(15-9-20-36(38)42)25-21-22-29-28-13-5-7-17-33(28)41(37(29)23-25)26-11-3-2-4-12-26/h2-23H. The first-order chi connectivity index (χ1) is 20.8. The minimum atomic E-state index is 0.358. The van der Waals surface area contributed by atoms with Crippen LogP contribution in [0.4, 0.5) is 5.69 Å². The van der Waals surface area contributed by atoms with Crippen molar-refractivity contribution in [3.05, 3.63) is 150 Å². The highest BCUT2D eigenvalue weighted by atomic mass is 15.0. The Kier molecular flexibility index (Phi) is 5.22. The lowest BCUT2D eigenvalue weighted by molar-refractivity contribution is 1.17. The second-order valence-electron chi connectivity index (χ2n) is 10.4. The van der Waals surface area contributed by atoms with E-state index in [1.807, 2.05) is 24.3 Å². The van der Waals surface area contributed by atoms with Gasteiger partial charge >= 0.3 is 0 Å². The fourth-order valence-electron chi connectivity index (χ4n) is 6.44. The SMILES string of the molecule is [C-]#[N+]c1cccc(-n2c3ccccc3c3c(-c4ccc5c6ccccc6n(-c6ccccc6)c5c4)cccc32)c1C#N. The summed E-state index contributed by atoms with van der Waals surface area (Å²) in [6.07, 6.45) is 0.